The molecular formula is C10H16O2. The molecule has 0 N–H and O–H groups in total. The molecule has 1 saturated carbocycles. The highest BCUT2D eigenvalue weighted by Gasteiger charge is 2.52. The zero-order chi connectivity index (χ0) is 8.98. The monoisotopic (exact) mass is 168 g/mol. The Labute approximate surface area is 73.3 Å². The second-order valence-corrected chi connectivity index (χ2v) is 4.89. The molecule has 2 atom stereocenters. The minimum Gasteiger partial charge on any atom is -0.368 e. The summed E-state index contributed by atoms with van der Waals surface area (Å²) in [6.45, 7) is 6.13. The van der Waals surface area contributed by atoms with Crippen LogP contribution in [-0.2, 0) is 9.53 Å². The standard InChI is InChI=1S/C10H16O2/c1-9(2)7-4-5-10(3,12-9)6-8(7)11/h7H,4-6H2,1-3H3. The van der Waals surface area contributed by atoms with Crippen LogP contribution in [0.2, 0.25) is 0 Å². The molecule has 1 aliphatic carbocycles. The van der Waals surface area contributed by atoms with Crippen LogP contribution in [-0.4, -0.2) is 17.0 Å². The van der Waals surface area contributed by atoms with Crippen LogP contribution >= 0.6 is 0 Å². The van der Waals surface area contributed by atoms with Gasteiger partial charge in [-0.2, -0.15) is 0 Å². The molecule has 2 nitrogen and oxygen atoms in total. The molecule has 0 aromatic carbocycles. The largest absolute Gasteiger partial charge is 0.368 e. The highest BCUT2D eigenvalue weighted by Crippen LogP contribution is 2.47. The van der Waals surface area contributed by atoms with Gasteiger partial charge in [0.2, 0.25) is 0 Å². The Hall–Kier alpha value is -0.370. The fraction of sp³-hybridized carbons (Fsp3) is 0.900. The Bertz CT molecular complexity index is 229. The summed E-state index contributed by atoms with van der Waals surface area (Å²) in [6.07, 6.45) is 2.69. The third-order valence-corrected chi connectivity index (χ3v) is 3.25. The highest BCUT2D eigenvalue weighted by molar-refractivity contribution is 5.84. The predicted molar refractivity (Wildman–Crippen MR) is 45.9 cm³/mol. The second-order valence-electron chi connectivity index (χ2n) is 4.89. The van der Waals surface area contributed by atoms with Gasteiger partial charge in [-0.3, -0.25) is 4.79 Å². The van der Waals surface area contributed by atoms with Crippen molar-refractivity contribution in [2.75, 3.05) is 0 Å². The lowest BCUT2D eigenvalue weighted by atomic mass is 9.68. The number of rotatable bonds is 0. The first-order valence-corrected chi connectivity index (χ1v) is 4.66. The van der Waals surface area contributed by atoms with Crippen molar-refractivity contribution in [1.82, 2.24) is 0 Å². The van der Waals surface area contributed by atoms with Crippen molar-refractivity contribution in [3.8, 4) is 0 Å². The summed E-state index contributed by atoms with van der Waals surface area (Å²) >= 11 is 0. The predicted octanol–water partition coefficient (Wildman–Crippen LogP) is 1.92. The van der Waals surface area contributed by atoms with Gasteiger partial charge in [0.1, 0.15) is 5.78 Å². The van der Waals surface area contributed by atoms with E-state index in [1.807, 2.05) is 13.8 Å². The second kappa shape index (κ2) is 2.11. The topological polar surface area (TPSA) is 26.3 Å². The Morgan fingerprint density at radius 3 is 2.50 bits per heavy atom. The zero-order valence-electron chi connectivity index (χ0n) is 8.02. The first-order chi connectivity index (χ1) is 5.43. The maximum Gasteiger partial charge on any atom is 0.141 e. The van der Waals surface area contributed by atoms with E-state index in [0.717, 1.165) is 12.8 Å². The molecule has 3 aliphatic rings. The average molecular weight is 168 g/mol. The van der Waals surface area contributed by atoms with Crippen molar-refractivity contribution in [1.29, 1.82) is 0 Å². The van der Waals surface area contributed by atoms with Crippen LogP contribution in [0.25, 0.3) is 0 Å². The summed E-state index contributed by atoms with van der Waals surface area (Å²) in [6, 6.07) is 0. The summed E-state index contributed by atoms with van der Waals surface area (Å²) < 4.78 is 5.91. The van der Waals surface area contributed by atoms with Gasteiger partial charge in [0.15, 0.2) is 0 Å². The number of hydrogen-bond donors (Lipinski definition) is 0. The van der Waals surface area contributed by atoms with E-state index in [4.69, 9.17) is 4.74 Å². The van der Waals surface area contributed by atoms with Crippen LogP contribution in [0.15, 0.2) is 0 Å². The molecule has 0 spiro atoms. The van der Waals surface area contributed by atoms with Crippen molar-refractivity contribution in [3.63, 3.8) is 0 Å². The normalized spacial score (nSPS) is 44.9. The van der Waals surface area contributed by atoms with E-state index in [0.29, 0.717) is 12.2 Å². The third kappa shape index (κ3) is 1.01. The average Bonchev–Trinajstić information content (AvgIpc) is 1.80. The molecule has 0 aromatic heterocycles. The molecular weight excluding hydrogens is 152 g/mol. The number of fused-ring (bicyclic) bond motifs is 3. The molecule has 3 rings (SSSR count). The number of carbonyl (C=O) groups is 1. The number of hydrogen-bond acceptors (Lipinski definition) is 2. The Kier molecular flexibility index (Phi) is 1.45. The molecule has 12 heavy (non-hydrogen) atoms. The van der Waals surface area contributed by atoms with E-state index in [-0.39, 0.29) is 17.1 Å². The molecule has 2 aliphatic heterocycles. The van der Waals surface area contributed by atoms with E-state index in [2.05, 4.69) is 6.92 Å². The fourth-order valence-corrected chi connectivity index (χ4v) is 2.72. The SMILES string of the molecule is CC12CCC(C(=O)C1)C(C)(C)O2. The summed E-state index contributed by atoms with van der Waals surface area (Å²) in [7, 11) is 0. The molecule has 68 valence electrons. The number of carbonyl (C=O) groups excluding carboxylic acids is 1. The van der Waals surface area contributed by atoms with Gasteiger partial charge in [-0.15, -0.1) is 0 Å². The van der Waals surface area contributed by atoms with Gasteiger partial charge in [0.05, 0.1) is 11.2 Å². The Balaban J connectivity index is 2.34. The lowest BCUT2D eigenvalue weighted by Crippen LogP contribution is -2.58. The summed E-state index contributed by atoms with van der Waals surface area (Å²) in [5.41, 5.74) is -0.377. The number of Topliss-reactive ketones (excluding diaryl/α,β-unsaturated/α-hetero) is 1. The highest BCUT2D eigenvalue weighted by atomic mass is 16.5. The first kappa shape index (κ1) is 8.24. The molecule has 2 heteroatoms. The summed E-state index contributed by atoms with van der Waals surface area (Å²) in [4.78, 5) is 11.6. The van der Waals surface area contributed by atoms with Crippen LogP contribution in [0.1, 0.15) is 40.0 Å². The zero-order valence-corrected chi connectivity index (χ0v) is 8.02. The van der Waals surface area contributed by atoms with Crippen LogP contribution in [0.4, 0.5) is 0 Å². The van der Waals surface area contributed by atoms with E-state index < -0.39 is 0 Å². The molecule has 0 amide bonds. The van der Waals surface area contributed by atoms with E-state index in [1.165, 1.54) is 0 Å². The van der Waals surface area contributed by atoms with Crippen LogP contribution < -0.4 is 0 Å². The minimum atomic E-state index is -0.220. The van der Waals surface area contributed by atoms with Crippen molar-refractivity contribution in [2.24, 2.45) is 5.92 Å². The van der Waals surface area contributed by atoms with Gasteiger partial charge in [0, 0.05) is 12.3 Å². The molecule has 3 fully saturated rings. The molecule has 0 aromatic rings. The molecule has 2 unspecified atom stereocenters. The van der Waals surface area contributed by atoms with Crippen LogP contribution in [0.3, 0.4) is 0 Å². The Morgan fingerprint density at radius 1 is 1.42 bits per heavy atom. The van der Waals surface area contributed by atoms with Gasteiger partial charge in [-0.05, 0) is 33.6 Å². The number of ether oxygens (including phenoxy) is 1. The van der Waals surface area contributed by atoms with Crippen molar-refractivity contribution in [3.05, 3.63) is 0 Å². The Morgan fingerprint density at radius 2 is 2.08 bits per heavy atom. The van der Waals surface area contributed by atoms with Gasteiger partial charge in [-0.1, -0.05) is 0 Å². The van der Waals surface area contributed by atoms with Gasteiger partial charge in [0.25, 0.3) is 0 Å². The summed E-state index contributed by atoms with van der Waals surface area (Å²) in [5.74, 6) is 0.555. The number of ketones is 1. The quantitative estimate of drug-likeness (QED) is 0.552. The van der Waals surface area contributed by atoms with Crippen LogP contribution in [0, 0.1) is 5.92 Å². The lowest BCUT2D eigenvalue weighted by Gasteiger charge is -2.52. The van der Waals surface area contributed by atoms with Crippen molar-refractivity contribution >= 4 is 5.78 Å². The first-order valence-electron chi connectivity index (χ1n) is 4.66. The summed E-state index contributed by atoms with van der Waals surface area (Å²) in [5, 5.41) is 0. The lowest BCUT2D eigenvalue weighted by molar-refractivity contribution is -0.221. The van der Waals surface area contributed by atoms with E-state index in [1.54, 1.807) is 0 Å². The van der Waals surface area contributed by atoms with Crippen molar-refractivity contribution in [2.45, 2.75) is 51.2 Å². The smallest absolute Gasteiger partial charge is 0.141 e. The molecule has 2 heterocycles. The van der Waals surface area contributed by atoms with Gasteiger partial charge in [-0.25, -0.2) is 0 Å². The van der Waals surface area contributed by atoms with Crippen LogP contribution in [0.5, 0.6) is 0 Å². The van der Waals surface area contributed by atoms with E-state index in [9.17, 15) is 4.79 Å². The third-order valence-electron chi connectivity index (χ3n) is 3.25. The minimum absolute atomic E-state index is 0.152. The van der Waals surface area contributed by atoms with Gasteiger partial charge < -0.3 is 4.74 Å². The molecule has 2 saturated heterocycles. The molecule has 0 radical (unpaired) electrons. The maximum absolute atomic E-state index is 11.6. The van der Waals surface area contributed by atoms with E-state index >= 15 is 0 Å². The molecule has 2 bridgehead atoms. The van der Waals surface area contributed by atoms with Crippen molar-refractivity contribution < 1.29 is 9.53 Å². The maximum atomic E-state index is 11.6. The van der Waals surface area contributed by atoms with Gasteiger partial charge >= 0.3 is 0 Å². The fourth-order valence-electron chi connectivity index (χ4n) is 2.72.